The van der Waals surface area contributed by atoms with Gasteiger partial charge in [0.15, 0.2) is 0 Å². The SMILES string of the molecule is Cc1nccc(OC2CN(C(=O)N3CCCN(C4CCC4)CC3)C2)c1C(N)=O. The number of aromatic nitrogens is 1. The second-order valence-corrected chi connectivity index (χ2v) is 8.02. The number of aryl methyl sites for hydroxylation is 1. The number of rotatable bonds is 4. The highest BCUT2D eigenvalue weighted by Gasteiger charge is 2.36. The molecule has 4 rings (SSSR count). The Balaban J connectivity index is 1.29. The molecular formula is C20H29N5O3. The average molecular weight is 387 g/mol. The second kappa shape index (κ2) is 7.95. The van der Waals surface area contributed by atoms with Crippen LogP contribution in [-0.4, -0.2) is 83.0 Å². The van der Waals surface area contributed by atoms with Crippen LogP contribution in [0.25, 0.3) is 0 Å². The van der Waals surface area contributed by atoms with E-state index in [2.05, 4.69) is 9.88 Å². The predicted molar refractivity (Wildman–Crippen MR) is 104 cm³/mol. The highest BCUT2D eigenvalue weighted by atomic mass is 16.5. The smallest absolute Gasteiger partial charge is 0.320 e. The molecule has 3 heterocycles. The average Bonchev–Trinajstić information content (AvgIpc) is 2.81. The van der Waals surface area contributed by atoms with Gasteiger partial charge in [0.1, 0.15) is 17.4 Å². The number of carbonyl (C=O) groups is 2. The van der Waals surface area contributed by atoms with Crippen LogP contribution in [0.5, 0.6) is 5.75 Å². The lowest BCUT2D eigenvalue weighted by Crippen LogP contribution is -2.60. The molecule has 0 atom stereocenters. The van der Waals surface area contributed by atoms with Gasteiger partial charge in [0, 0.05) is 38.4 Å². The largest absolute Gasteiger partial charge is 0.486 e. The van der Waals surface area contributed by atoms with Crippen LogP contribution in [0.1, 0.15) is 41.7 Å². The maximum absolute atomic E-state index is 12.8. The molecule has 2 saturated heterocycles. The van der Waals surface area contributed by atoms with Crippen LogP contribution in [0.2, 0.25) is 0 Å². The van der Waals surface area contributed by atoms with Crippen LogP contribution in [0, 0.1) is 6.92 Å². The van der Waals surface area contributed by atoms with Gasteiger partial charge < -0.3 is 20.3 Å². The molecule has 0 bridgehead atoms. The molecule has 0 aromatic carbocycles. The van der Waals surface area contributed by atoms with Crippen LogP contribution in [0.3, 0.4) is 0 Å². The van der Waals surface area contributed by atoms with E-state index in [9.17, 15) is 9.59 Å². The summed E-state index contributed by atoms with van der Waals surface area (Å²) in [5, 5.41) is 0. The van der Waals surface area contributed by atoms with Crippen molar-refractivity contribution in [3.8, 4) is 5.75 Å². The van der Waals surface area contributed by atoms with Gasteiger partial charge in [0.25, 0.3) is 5.91 Å². The molecule has 3 aliphatic rings. The standard InChI is InChI=1S/C20H29N5O3/c1-14-18(19(21)26)17(6-7-22-14)28-16-12-25(13-16)20(27)24-9-3-8-23(10-11-24)15-4-2-5-15/h6-7,15-16H,2-5,8-13H2,1H3,(H2,21,26). The first kappa shape index (κ1) is 19.0. The van der Waals surface area contributed by atoms with Gasteiger partial charge in [-0.2, -0.15) is 0 Å². The molecule has 8 nitrogen and oxygen atoms in total. The van der Waals surface area contributed by atoms with Crippen molar-refractivity contribution in [1.29, 1.82) is 0 Å². The number of carbonyl (C=O) groups excluding carboxylic acids is 2. The van der Waals surface area contributed by atoms with Crippen LogP contribution < -0.4 is 10.5 Å². The summed E-state index contributed by atoms with van der Waals surface area (Å²) >= 11 is 0. The van der Waals surface area contributed by atoms with E-state index in [1.54, 1.807) is 19.2 Å². The Kier molecular flexibility index (Phi) is 5.39. The van der Waals surface area contributed by atoms with Crippen molar-refractivity contribution in [2.75, 3.05) is 39.3 Å². The number of primary amides is 1. The first-order valence-corrected chi connectivity index (χ1v) is 10.2. The van der Waals surface area contributed by atoms with Crippen molar-refractivity contribution in [2.45, 2.75) is 44.8 Å². The summed E-state index contributed by atoms with van der Waals surface area (Å²) in [6.07, 6.45) is 6.47. The number of amides is 3. The minimum absolute atomic E-state index is 0.0938. The molecule has 28 heavy (non-hydrogen) atoms. The molecular weight excluding hydrogens is 358 g/mol. The number of nitrogens with zero attached hydrogens (tertiary/aromatic N) is 4. The zero-order chi connectivity index (χ0) is 19.7. The Hall–Kier alpha value is -2.35. The first-order chi connectivity index (χ1) is 13.5. The second-order valence-electron chi connectivity index (χ2n) is 8.02. The number of urea groups is 1. The predicted octanol–water partition coefficient (Wildman–Crippen LogP) is 1.23. The Bertz CT molecular complexity index is 745. The van der Waals surface area contributed by atoms with Crippen molar-refractivity contribution in [1.82, 2.24) is 19.7 Å². The number of likely N-dealkylation sites (tertiary alicyclic amines) is 1. The van der Waals surface area contributed by atoms with E-state index in [0.717, 1.165) is 38.6 Å². The van der Waals surface area contributed by atoms with E-state index in [4.69, 9.17) is 10.5 Å². The molecule has 1 aromatic heterocycles. The zero-order valence-electron chi connectivity index (χ0n) is 16.5. The van der Waals surface area contributed by atoms with Crippen LogP contribution in [-0.2, 0) is 0 Å². The third-order valence-electron chi connectivity index (χ3n) is 6.15. The molecule has 2 aliphatic heterocycles. The van der Waals surface area contributed by atoms with Gasteiger partial charge in [-0.1, -0.05) is 6.42 Å². The highest BCUT2D eigenvalue weighted by Crippen LogP contribution is 2.27. The van der Waals surface area contributed by atoms with Gasteiger partial charge in [-0.15, -0.1) is 0 Å². The lowest BCUT2D eigenvalue weighted by molar-refractivity contribution is 0.0302. The summed E-state index contributed by atoms with van der Waals surface area (Å²) in [5.74, 6) is -0.101. The lowest BCUT2D eigenvalue weighted by Gasteiger charge is -2.41. The number of nitrogens with two attached hydrogens (primary N) is 1. The molecule has 0 unspecified atom stereocenters. The van der Waals surface area contributed by atoms with E-state index >= 15 is 0 Å². The molecule has 2 N–H and O–H groups in total. The van der Waals surface area contributed by atoms with E-state index in [1.165, 1.54) is 19.3 Å². The fourth-order valence-electron chi connectivity index (χ4n) is 4.24. The van der Waals surface area contributed by atoms with Crippen LogP contribution >= 0.6 is 0 Å². The topological polar surface area (TPSA) is 92.0 Å². The first-order valence-electron chi connectivity index (χ1n) is 10.2. The van der Waals surface area contributed by atoms with Gasteiger partial charge in [0.05, 0.1) is 18.8 Å². The molecule has 1 aromatic rings. The lowest BCUT2D eigenvalue weighted by atomic mass is 9.91. The van der Waals surface area contributed by atoms with Gasteiger partial charge >= 0.3 is 6.03 Å². The van der Waals surface area contributed by atoms with Gasteiger partial charge in [-0.3, -0.25) is 14.7 Å². The molecule has 3 amide bonds. The molecule has 152 valence electrons. The van der Waals surface area contributed by atoms with Gasteiger partial charge in [0.2, 0.25) is 0 Å². The fraction of sp³-hybridized carbons (Fsp3) is 0.650. The van der Waals surface area contributed by atoms with Crippen molar-refractivity contribution >= 4 is 11.9 Å². The molecule has 0 radical (unpaired) electrons. The summed E-state index contributed by atoms with van der Waals surface area (Å²) in [6, 6.07) is 2.48. The maximum Gasteiger partial charge on any atom is 0.320 e. The number of ether oxygens (including phenoxy) is 1. The highest BCUT2D eigenvalue weighted by molar-refractivity contribution is 5.96. The number of hydrogen-bond acceptors (Lipinski definition) is 5. The van der Waals surface area contributed by atoms with E-state index in [0.29, 0.717) is 30.1 Å². The van der Waals surface area contributed by atoms with Crippen molar-refractivity contribution in [3.05, 3.63) is 23.5 Å². The quantitative estimate of drug-likeness (QED) is 0.839. The Morgan fingerprint density at radius 2 is 1.89 bits per heavy atom. The van der Waals surface area contributed by atoms with E-state index < -0.39 is 5.91 Å². The Labute approximate surface area is 165 Å². The minimum Gasteiger partial charge on any atom is -0.486 e. The Morgan fingerprint density at radius 1 is 1.11 bits per heavy atom. The summed E-state index contributed by atoms with van der Waals surface area (Å²) in [5.41, 5.74) is 6.32. The van der Waals surface area contributed by atoms with E-state index in [1.807, 2.05) is 9.80 Å². The maximum atomic E-state index is 12.8. The number of hydrogen-bond donors (Lipinski definition) is 1. The summed E-state index contributed by atoms with van der Waals surface area (Å²) in [4.78, 5) is 34.9. The minimum atomic E-state index is -0.548. The zero-order valence-corrected chi connectivity index (χ0v) is 16.5. The molecule has 1 aliphatic carbocycles. The molecule has 8 heteroatoms. The third-order valence-corrected chi connectivity index (χ3v) is 6.15. The van der Waals surface area contributed by atoms with Gasteiger partial charge in [-0.25, -0.2) is 4.79 Å². The summed E-state index contributed by atoms with van der Waals surface area (Å²) in [7, 11) is 0. The normalized spacial score (nSPS) is 21.6. The van der Waals surface area contributed by atoms with Crippen molar-refractivity contribution in [2.24, 2.45) is 5.73 Å². The third kappa shape index (κ3) is 3.78. The van der Waals surface area contributed by atoms with Crippen LogP contribution in [0.4, 0.5) is 4.79 Å². The Morgan fingerprint density at radius 3 is 2.57 bits per heavy atom. The van der Waals surface area contributed by atoms with Crippen molar-refractivity contribution in [3.63, 3.8) is 0 Å². The molecule has 0 spiro atoms. The van der Waals surface area contributed by atoms with Gasteiger partial charge in [-0.05, 0) is 32.3 Å². The number of pyridine rings is 1. The van der Waals surface area contributed by atoms with Crippen LogP contribution in [0.15, 0.2) is 12.3 Å². The molecule has 1 saturated carbocycles. The van der Waals surface area contributed by atoms with Crippen molar-refractivity contribution < 1.29 is 14.3 Å². The summed E-state index contributed by atoms with van der Waals surface area (Å²) in [6.45, 7) is 6.48. The monoisotopic (exact) mass is 387 g/mol. The summed E-state index contributed by atoms with van der Waals surface area (Å²) < 4.78 is 5.93. The fourth-order valence-corrected chi connectivity index (χ4v) is 4.24. The molecule has 3 fully saturated rings. The van der Waals surface area contributed by atoms with E-state index in [-0.39, 0.29) is 12.1 Å².